The van der Waals surface area contributed by atoms with E-state index in [1.54, 1.807) is 35.8 Å². The molecule has 8 heteroatoms. The molecule has 1 heterocycles. The molecule has 7 nitrogen and oxygen atoms in total. The molecule has 0 radical (unpaired) electrons. The molecule has 0 aliphatic heterocycles. The van der Waals surface area contributed by atoms with E-state index in [2.05, 4.69) is 24.0 Å². The van der Waals surface area contributed by atoms with Gasteiger partial charge in [-0.25, -0.2) is 8.42 Å². The summed E-state index contributed by atoms with van der Waals surface area (Å²) in [6.07, 6.45) is 0.669. The highest BCUT2D eigenvalue weighted by atomic mass is 32.2. The second-order valence-electron chi connectivity index (χ2n) is 7.58. The number of sulfone groups is 1. The first-order chi connectivity index (χ1) is 14.3. The number of aromatic nitrogens is 3. The van der Waals surface area contributed by atoms with Gasteiger partial charge in [0.1, 0.15) is 12.4 Å². The van der Waals surface area contributed by atoms with E-state index in [1.165, 1.54) is 0 Å². The van der Waals surface area contributed by atoms with Crippen molar-refractivity contribution in [3.8, 4) is 11.4 Å². The average Bonchev–Trinajstić information content (AvgIpc) is 3.19. The number of hydrogen-bond acceptors (Lipinski definition) is 6. The second-order valence-corrected chi connectivity index (χ2v) is 9.76. The number of benzene rings is 2. The maximum Gasteiger partial charge on any atom is 0.254 e. The minimum absolute atomic E-state index is 0.0666. The lowest BCUT2D eigenvalue weighted by molar-refractivity contribution is 0.306. The van der Waals surface area contributed by atoms with Crippen LogP contribution >= 0.6 is 0 Å². The Labute approximate surface area is 177 Å². The molecule has 0 saturated carbocycles. The zero-order valence-electron chi connectivity index (χ0n) is 17.5. The van der Waals surface area contributed by atoms with Crippen molar-refractivity contribution in [1.29, 1.82) is 0 Å². The molecule has 2 N–H and O–H groups in total. The number of nitrogens with two attached hydrogens (primary N) is 1. The fourth-order valence-corrected chi connectivity index (χ4v) is 4.04. The molecule has 30 heavy (non-hydrogen) atoms. The van der Waals surface area contributed by atoms with Crippen molar-refractivity contribution >= 4 is 9.84 Å². The van der Waals surface area contributed by atoms with Crippen LogP contribution in [0.4, 0.5) is 0 Å². The SMILES string of the molecule is CCS(=O)(=O)c1nnc([C@@H](N)CC(C)C)n1-c1ccc(OCc2ccccc2)cc1. The third-order valence-corrected chi connectivity index (χ3v) is 6.30. The summed E-state index contributed by atoms with van der Waals surface area (Å²) >= 11 is 0. The topological polar surface area (TPSA) is 100 Å². The molecule has 0 amide bonds. The minimum Gasteiger partial charge on any atom is -0.489 e. The van der Waals surface area contributed by atoms with Crippen LogP contribution < -0.4 is 10.5 Å². The molecular weight excluding hydrogens is 400 g/mol. The number of rotatable bonds is 9. The number of hydrogen-bond donors (Lipinski definition) is 1. The average molecular weight is 429 g/mol. The molecule has 0 fully saturated rings. The second kappa shape index (κ2) is 9.40. The lowest BCUT2D eigenvalue weighted by atomic mass is 10.0. The fraction of sp³-hybridized carbons (Fsp3) is 0.364. The van der Waals surface area contributed by atoms with E-state index < -0.39 is 15.9 Å². The van der Waals surface area contributed by atoms with Gasteiger partial charge in [0.15, 0.2) is 5.82 Å². The zero-order chi connectivity index (χ0) is 21.7. The van der Waals surface area contributed by atoms with Crippen LogP contribution in [-0.4, -0.2) is 28.9 Å². The molecule has 0 aliphatic carbocycles. The minimum atomic E-state index is -3.57. The Morgan fingerprint density at radius 3 is 2.30 bits per heavy atom. The van der Waals surface area contributed by atoms with Crippen LogP contribution in [-0.2, 0) is 16.4 Å². The normalized spacial score (nSPS) is 12.8. The quantitative estimate of drug-likeness (QED) is 0.558. The Kier molecular flexibility index (Phi) is 6.89. The summed E-state index contributed by atoms with van der Waals surface area (Å²) in [4.78, 5) is 0. The van der Waals surface area contributed by atoms with Gasteiger partial charge in [0.2, 0.25) is 9.84 Å². The first kappa shape index (κ1) is 22.0. The van der Waals surface area contributed by atoms with E-state index in [1.807, 2.05) is 30.3 Å². The molecule has 1 atom stereocenters. The van der Waals surface area contributed by atoms with E-state index >= 15 is 0 Å². The van der Waals surface area contributed by atoms with E-state index in [0.717, 1.165) is 5.56 Å². The Morgan fingerprint density at radius 2 is 1.70 bits per heavy atom. The van der Waals surface area contributed by atoms with Crippen molar-refractivity contribution in [2.75, 3.05) is 5.75 Å². The summed E-state index contributed by atoms with van der Waals surface area (Å²) in [6.45, 7) is 6.15. The van der Waals surface area contributed by atoms with Crippen LogP contribution in [0.3, 0.4) is 0 Å². The van der Waals surface area contributed by atoms with E-state index in [-0.39, 0.29) is 10.9 Å². The van der Waals surface area contributed by atoms with Gasteiger partial charge in [-0.2, -0.15) is 0 Å². The Morgan fingerprint density at radius 1 is 1.03 bits per heavy atom. The molecule has 0 aliphatic rings. The molecule has 0 saturated heterocycles. The Balaban J connectivity index is 1.92. The monoisotopic (exact) mass is 428 g/mol. The summed E-state index contributed by atoms with van der Waals surface area (Å²) < 4.78 is 32.6. The zero-order valence-corrected chi connectivity index (χ0v) is 18.3. The van der Waals surface area contributed by atoms with Crippen LogP contribution in [0, 0.1) is 5.92 Å². The fourth-order valence-electron chi connectivity index (χ4n) is 3.14. The van der Waals surface area contributed by atoms with Crippen LogP contribution in [0.2, 0.25) is 0 Å². The maximum absolute atomic E-state index is 12.6. The lowest BCUT2D eigenvalue weighted by Gasteiger charge is -2.16. The highest BCUT2D eigenvalue weighted by Crippen LogP contribution is 2.26. The van der Waals surface area contributed by atoms with E-state index in [0.29, 0.717) is 36.2 Å². The van der Waals surface area contributed by atoms with Crippen LogP contribution in [0.15, 0.2) is 59.8 Å². The highest BCUT2D eigenvalue weighted by molar-refractivity contribution is 7.91. The molecular formula is C22H28N4O3S. The molecule has 3 aromatic rings. The summed E-state index contributed by atoms with van der Waals surface area (Å²) in [6, 6.07) is 16.7. The summed E-state index contributed by atoms with van der Waals surface area (Å²) in [5.74, 6) is 1.39. The number of ether oxygens (including phenoxy) is 1. The molecule has 1 aromatic heterocycles. The van der Waals surface area contributed by atoms with Crippen molar-refractivity contribution in [2.45, 2.75) is 45.0 Å². The molecule has 0 spiro atoms. The third kappa shape index (κ3) is 5.06. The summed E-state index contributed by atoms with van der Waals surface area (Å²) in [5.41, 5.74) is 8.03. The predicted octanol–water partition coefficient (Wildman–Crippen LogP) is 3.69. The van der Waals surface area contributed by atoms with Crippen molar-refractivity contribution in [3.63, 3.8) is 0 Å². The third-order valence-electron chi connectivity index (χ3n) is 4.72. The highest BCUT2D eigenvalue weighted by Gasteiger charge is 2.27. The van der Waals surface area contributed by atoms with Crippen molar-refractivity contribution in [3.05, 3.63) is 66.0 Å². The van der Waals surface area contributed by atoms with Gasteiger partial charge in [0.25, 0.3) is 5.16 Å². The maximum atomic E-state index is 12.6. The number of nitrogens with zero attached hydrogens (tertiary/aromatic N) is 3. The van der Waals surface area contributed by atoms with Crippen LogP contribution in [0.1, 0.15) is 44.6 Å². The molecule has 3 rings (SSSR count). The van der Waals surface area contributed by atoms with E-state index in [9.17, 15) is 8.42 Å². The van der Waals surface area contributed by atoms with Crippen LogP contribution in [0.5, 0.6) is 5.75 Å². The van der Waals surface area contributed by atoms with Gasteiger partial charge in [-0.05, 0) is 42.2 Å². The molecule has 160 valence electrons. The Hall–Kier alpha value is -2.71. The van der Waals surface area contributed by atoms with Gasteiger partial charge in [-0.15, -0.1) is 10.2 Å². The van der Waals surface area contributed by atoms with E-state index in [4.69, 9.17) is 10.5 Å². The summed E-state index contributed by atoms with van der Waals surface area (Å²) in [7, 11) is -3.57. The van der Waals surface area contributed by atoms with Gasteiger partial charge in [0.05, 0.1) is 11.8 Å². The lowest BCUT2D eigenvalue weighted by Crippen LogP contribution is -2.20. The molecule has 0 bridgehead atoms. The Bertz CT molecular complexity index is 1060. The van der Waals surface area contributed by atoms with Gasteiger partial charge < -0.3 is 10.5 Å². The van der Waals surface area contributed by atoms with Crippen molar-refractivity contribution < 1.29 is 13.2 Å². The first-order valence-electron chi connectivity index (χ1n) is 10.0. The standard InChI is InChI=1S/C22H28N4O3S/c1-4-30(27,28)22-25-24-21(20(23)14-16(2)3)26(22)18-10-12-19(13-11-18)29-15-17-8-6-5-7-9-17/h5-13,16,20H,4,14-15,23H2,1-3H3/t20-/m0/s1. The molecule has 2 aromatic carbocycles. The van der Waals surface area contributed by atoms with Crippen molar-refractivity contribution in [1.82, 2.24) is 14.8 Å². The van der Waals surface area contributed by atoms with Crippen molar-refractivity contribution in [2.24, 2.45) is 11.7 Å². The van der Waals surface area contributed by atoms with Gasteiger partial charge in [-0.3, -0.25) is 4.57 Å². The van der Waals surface area contributed by atoms with Crippen LogP contribution in [0.25, 0.3) is 5.69 Å². The largest absolute Gasteiger partial charge is 0.489 e. The smallest absolute Gasteiger partial charge is 0.254 e. The first-order valence-corrected chi connectivity index (χ1v) is 11.7. The summed E-state index contributed by atoms with van der Waals surface area (Å²) in [5, 5.41) is 8.03. The molecule has 0 unspecified atom stereocenters. The predicted molar refractivity (Wildman–Crippen MR) is 116 cm³/mol. The van der Waals surface area contributed by atoms with Gasteiger partial charge >= 0.3 is 0 Å². The van der Waals surface area contributed by atoms with Gasteiger partial charge in [0, 0.05) is 5.69 Å². The van der Waals surface area contributed by atoms with Gasteiger partial charge in [-0.1, -0.05) is 51.1 Å².